The number of nitrogens with two attached hydrogens (primary N) is 2. The zero-order valence-electron chi connectivity index (χ0n) is 11.8. The molecule has 1 rings (SSSR count). The molecule has 0 fully saturated rings. The van der Waals surface area contributed by atoms with Crippen LogP contribution in [0, 0.1) is 20.8 Å². The normalized spacial score (nSPS) is 12.6. The van der Waals surface area contributed by atoms with Gasteiger partial charge in [-0.3, -0.25) is 0 Å². The second-order valence-corrected chi connectivity index (χ2v) is 4.76. The number of aryl methyl sites for hydroxylation is 1. The fraction of sp³-hybridized carbons (Fsp3) is 0.571. The van der Waals surface area contributed by atoms with E-state index < -0.39 is 0 Å². The number of methoxy groups -OCH3 is 1. The molecule has 0 aromatic heterocycles. The Morgan fingerprint density at radius 3 is 2.50 bits per heavy atom. The van der Waals surface area contributed by atoms with Crippen molar-refractivity contribution < 1.29 is 4.74 Å². The minimum atomic E-state index is 0.0192. The van der Waals surface area contributed by atoms with Crippen LogP contribution in [-0.2, 0) is 6.54 Å². The van der Waals surface area contributed by atoms with Gasteiger partial charge in [-0.1, -0.05) is 6.07 Å². The van der Waals surface area contributed by atoms with E-state index in [1.165, 1.54) is 22.3 Å². The van der Waals surface area contributed by atoms with Gasteiger partial charge in [-0.25, -0.2) is 0 Å². The van der Waals surface area contributed by atoms with E-state index >= 15 is 0 Å². The lowest BCUT2D eigenvalue weighted by Gasteiger charge is -2.17. The molecule has 0 saturated carbocycles. The highest BCUT2D eigenvalue weighted by Gasteiger charge is 2.10. The Labute approximate surface area is 110 Å². The average molecular weight is 251 g/mol. The molecule has 0 saturated heterocycles. The highest BCUT2D eigenvalue weighted by atomic mass is 16.5. The predicted octanol–water partition coefficient (Wildman–Crippen LogP) is 0.996. The van der Waals surface area contributed by atoms with Crippen LogP contribution in [0.1, 0.15) is 22.3 Å². The van der Waals surface area contributed by atoms with Crippen LogP contribution in [0.4, 0.5) is 0 Å². The molecule has 1 aromatic carbocycles. The summed E-state index contributed by atoms with van der Waals surface area (Å²) in [5.41, 5.74) is 16.2. The quantitative estimate of drug-likeness (QED) is 0.705. The summed E-state index contributed by atoms with van der Waals surface area (Å²) in [6.45, 7) is 8.34. The number of ether oxygens (including phenoxy) is 1. The van der Waals surface area contributed by atoms with Crippen LogP contribution in [0.25, 0.3) is 0 Å². The topological polar surface area (TPSA) is 73.3 Å². The molecule has 5 N–H and O–H groups in total. The number of hydrogen-bond donors (Lipinski definition) is 3. The highest BCUT2D eigenvalue weighted by molar-refractivity contribution is 5.48. The van der Waals surface area contributed by atoms with E-state index in [-0.39, 0.29) is 6.04 Å². The Morgan fingerprint density at radius 1 is 1.28 bits per heavy atom. The zero-order valence-corrected chi connectivity index (χ0v) is 11.8. The van der Waals surface area contributed by atoms with Gasteiger partial charge in [-0.2, -0.15) is 0 Å². The first-order chi connectivity index (χ1) is 8.51. The largest absolute Gasteiger partial charge is 0.496 e. The van der Waals surface area contributed by atoms with Crippen molar-refractivity contribution in [2.45, 2.75) is 33.4 Å². The number of hydrogen-bond acceptors (Lipinski definition) is 4. The van der Waals surface area contributed by atoms with E-state index in [0.29, 0.717) is 6.54 Å². The van der Waals surface area contributed by atoms with E-state index in [2.05, 4.69) is 32.2 Å². The lowest BCUT2D eigenvalue weighted by atomic mass is 9.98. The van der Waals surface area contributed by atoms with Crippen LogP contribution in [0.3, 0.4) is 0 Å². The lowest BCUT2D eigenvalue weighted by molar-refractivity contribution is 0.408. The third-order valence-corrected chi connectivity index (χ3v) is 3.36. The predicted molar refractivity (Wildman–Crippen MR) is 75.9 cm³/mol. The summed E-state index contributed by atoms with van der Waals surface area (Å²) in [4.78, 5) is 0. The molecule has 0 heterocycles. The third kappa shape index (κ3) is 3.45. The standard InChI is InChI=1S/C14H25N3O/c1-9-5-12(7-17-8-13(16)6-15)10(2)11(3)14(9)18-4/h5,13,17H,6-8,15-16H2,1-4H3. The molecule has 1 atom stereocenters. The van der Waals surface area contributed by atoms with Gasteiger partial charge < -0.3 is 21.5 Å². The Morgan fingerprint density at radius 2 is 1.94 bits per heavy atom. The second-order valence-electron chi connectivity index (χ2n) is 4.76. The molecule has 0 aliphatic rings. The van der Waals surface area contributed by atoms with Gasteiger partial charge in [0.1, 0.15) is 5.75 Å². The van der Waals surface area contributed by atoms with Crippen molar-refractivity contribution in [2.24, 2.45) is 11.5 Å². The maximum Gasteiger partial charge on any atom is 0.124 e. The van der Waals surface area contributed by atoms with Gasteiger partial charge in [-0.15, -0.1) is 0 Å². The first-order valence-electron chi connectivity index (χ1n) is 6.31. The van der Waals surface area contributed by atoms with Crippen molar-refractivity contribution in [1.82, 2.24) is 5.32 Å². The molecule has 0 aliphatic carbocycles. The van der Waals surface area contributed by atoms with Gasteiger partial charge in [-0.05, 0) is 43.0 Å². The van der Waals surface area contributed by atoms with E-state index in [1.54, 1.807) is 7.11 Å². The van der Waals surface area contributed by atoms with E-state index in [1.807, 2.05) is 0 Å². The summed E-state index contributed by atoms with van der Waals surface area (Å²) in [7, 11) is 1.72. The van der Waals surface area contributed by atoms with E-state index in [9.17, 15) is 0 Å². The molecule has 4 heteroatoms. The maximum absolute atomic E-state index is 5.77. The van der Waals surface area contributed by atoms with Gasteiger partial charge in [0.25, 0.3) is 0 Å². The average Bonchev–Trinajstić information content (AvgIpc) is 2.35. The minimum Gasteiger partial charge on any atom is -0.496 e. The van der Waals surface area contributed by atoms with Crippen LogP contribution in [0.5, 0.6) is 5.75 Å². The van der Waals surface area contributed by atoms with Crippen molar-refractivity contribution in [3.05, 3.63) is 28.3 Å². The van der Waals surface area contributed by atoms with Crippen molar-refractivity contribution >= 4 is 0 Å². The van der Waals surface area contributed by atoms with Gasteiger partial charge >= 0.3 is 0 Å². The van der Waals surface area contributed by atoms with Crippen LogP contribution in [0.15, 0.2) is 6.07 Å². The fourth-order valence-corrected chi connectivity index (χ4v) is 2.12. The Kier molecular flexibility index (Phi) is 5.59. The summed E-state index contributed by atoms with van der Waals surface area (Å²) < 4.78 is 5.41. The van der Waals surface area contributed by atoms with Crippen molar-refractivity contribution in [3.8, 4) is 5.75 Å². The first kappa shape index (κ1) is 15.0. The molecule has 0 spiro atoms. The fourth-order valence-electron chi connectivity index (χ4n) is 2.12. The Balaban J connectivity index is 2.78. The van der Waals surface area contributed by atoms with E-state index in [0.717, 1.165) is 18.8 Å². The smallest absolute Gasteiger partial charge is 0.124 e. The molecule has 0 bridgehead atoms. The van der Waals surface area contributed by atoms with Crippen LogP contribution < -0.4 is 21.5 Å². The van der Waals surface area contributed by atoms with Gasteiger partial charge in [0, 0.05) is 25.7 Å². The lowest BCUT2D eigenvalue weighted by Crippen LogP contribution is -2.39. The van der Waals surface area contributed by atoms with Crippen LogP contribution in [0.2, 0.25) is 0 Å². The van der Waals surface area contributed by atoms with Crippen LogP contribution >= 0.6 is 0 Å². The van der Waals surface area contributed by atoms with Gasteiger partial charge in [0.2, 0.25) is 0 Å². The number of nitrogens with one attached hydrogen (secondary N) is 1. The Hall–Kier alpha value is -1.10. The van der Waals surface area contributed by atoms with E-state index in [4.69, 9.17) is 16.2 Å². The third-order valence-electron chi connectivity index (χ3n) is 3.36. The summed E-state index contributed by atoms with van der Waals surface area (Å²) in [5, 5.41) is 3.34. The minimum absolute atomic E-state index is 0.0192. The van der Waals surface area contributed by atoms with Crippen LogP contribution in [-0.4, -0.2) is 26.2 Å². The van der Waals surface area contributed by atoms with Crippen molar-refractivity contribution in [1.29, 1.82) is 0 Å². The summed E-state index contributed by atoms with van der Waals surface area (Å²) in [6, 6.07) is 2.19. The molecule has 1 unspecified atom stereocenters. The molecule has 0 amide bonds. The monoisotopic (exact) mass is 251 g/mol. The van der Waals surface area contributed by atoms with Crippen molar-refractivity contribution in [3.63, 3.8) is 0 Å². The summed E-state index contributed by atoms with van der Waals surface area (Å²) in [6.07, 6.45) is 0. The van der Waals surface area contributed by atoms with Gasteiger partial charge in [0.05, 0.1) is 7.11 Å². The van der Waals surface area contributed by atoms with Crippen molar-refractivity contribution in [2.75, 3.05) is 20.2 Å². The molecular weight excluding hydrogens is 226 g/mol. The SMILES string of the molecule is COc1c(C)cc(CNCC(N)CN)c(C)c1C. The Bertz CT molecular complexity index is 405. The molecular formula is C14H25N3O. The first-order valence-corrected chi connectivity index (χ1v) is 6.31. The molecule has 102 valence electrons. The van der Waals surface area contributed by atoms with Gasteiger partial charge in [0.15, 0.2) is 0 Å². The highest BCUT2D eigenvalue weighted by Crippen LogP contribution is 2.28. The molecule has 0 radical (unpaired) electrons. The molecule has 0 aliphatic heterocycles. The number of rotatable bonds is 6. The summed E-state index contributed by atoms with van der Waals surface area (Å²) in [5.74, 6) is 0.981. The molecule has 4 nitrogen and oxygen atoms in total. The molecule has 1 aromatic rings. The number of benzene rings is 1. The summed E-state index contributed by atoms with van der Waals surface area (Å²) >= 11 is 0. The maximum atomic E-state index is 5.77. The zero-order chi connectivity index (χ0) is 13.7. The second kappa shape index (κ2) is 6.73. The molecule has 18 heavy (non-hydrogen) atoms.